The predicted molar refractivity (Wildman–Crippen MR) is 68.1 cm³/mol. The van der Waals surface area contributed by atoms with Crippen molar-refractivity contribution >= 4 is 30.7 Å². The Morgan fingerprint density at radius 2 is 1.94 bits per heavy atom. The molecule has 2 aromatic rings. The third kappa shape index (κ3) is 2.19. The van der Waals surface area contributed by atoms with Crippen molar-refractivity contribution in [3.63, 3.8) is 0 Å². The van der Waals surface area contributed by atoms with Gasteiger partial charge in [-0.15, -0.1) is 0 Å². The molecule has 17 heavy (non-hydrogen) atoms. The number of hydrogen-bond acceptors (Lipinski definition) is 3. The molecule has 0 fully saturated rings. The fourth-order valence-corrected chi connectivity index (χ4v) is 2.91. The van der Waals surface area contributed by atoms with E-state index in [0.29, 0.717) is 17.1 Å². The maximum absolute atomic E-state index is 11.3. The van der Waals surface area contributed by atoms with Crippen molar-refractivity contribution in [3.05, 3.63) is 29.3 Å². The molecule has 92 valence electrons. The summed E-state index contributed by atoms with van der Waals surface area (Å²) in [5, 5.41) is 0.644. The van der Waals surface area contributed by atoms with Crippen molar-refractivity contribution < 1.29 is 12.8 Å². The molecule has 0 radical (unpaired) electrons. The van der Waals surface area contributed by atoms with E-state index in [2.05, 4.69) is 13.8 Å². The molecule has 0 saturated heterocycles. The average Bonchev–Trinajstić information content (AvgIpc) is 2.55. The number of rotatable bonds is 2. The average molecular weight is 273 g/mol. The third-order valence-corrected chi connectivity index (χ3v) is 4.06. The molecule has 0 unspecified atom stereocenters. The van der Waals surface area contributed by atoms with Crippen LogP contribution < -0.4 is 0 Å². The number of furan rings is 1. The van der Waals surface area contributed by atoms with Gasteiger partial charge in [0.1, 0.15) is 5.58 Å². The maximum atomic E-state index is 11.3. The number of halogens is 1. The fourth-order valence-electron chi connectivity index (χ4n) is 1.81. The fraction of sp³-hybridized carbons (Fsp3) is 0.333. The van der Waals surface area contributed by atoms with Gasteiger partial charge < -0.3 is 4.42 Å². The van der Waals surface area contributed by atoms with E-state index in [0.717, 1.165) is 10.9 Å². The minimum atomic E-state index is -3.82. The van der Waals surface area contributed by atoms with Gasteiger partial charge in [0.15, 0.2) is 0 Å². The Morgan fingerprint density at radius 3 is 2.47 bits per heavy atom. The molecular formula is C12H13ClO3S. The smallest absolute Gasteiger partial charge is 0.294 e. The Hall–Kier alpha value is -1.00. The summed E-state index contributed by atoms with van der Waals surface area (Å²) < 4.78 is 27.9. The zero-order valence-corrected chi connectivity index (χ0v) is 11.4. The predicted octanol–water partition coefficient (Wildman–Crippen LogP) is 3.79. The molecule has 1 aromatic carbocycles. The van der Waals surface area contributed by atoms with Crippen LogP contribution in [-0.2, 0) is 9.05 Å². The van der Waals surface area contributed by atoms with Crippen LogP contribution in [0.3, 0.4) is 0 Å². The lowest BCUT2D eigenvalue weighted by molar-refractivity contribution is 0.483. The summed E-state index contributed by atoms with van der Waals surface area (Å²) in [7, 11) is 1.49. The Labute approximate surface area is 105 Å². The van der Waals surface area contributed by atoms with E-state index in [9.17, 15) is 8.42 Å². The van der Waals surface area contributed by atoms with Crippen molar-refractivity contribution in [2.75, 3.05) is 0 Å². The minimum absolute atomic E-state index is 0.157. The molecule has 3 nitrogen and oxygen atoms in total. The molecule has 0 spiro atoms. The van der Waals surface area contributed by atoms with Gasteiger partial charge in [-0.2, -0.15) is 0 Å². The second-order valence-electron chi connectivity index (χ2n) is 4.36. The second-order valence-corrected chi connectivity index (χ2v) is 6.83. The van der Waals surface area contributed by atoms with Gasteiger partial charge in [0.25, 0.3) is 9.05 Å². The molecule has 1 aromatic heterocycles. The highest BCUT2D eigenvalue weighted by Crippen LogP contribution is 2.32. The molecule has 0 bridgehead atoms. The van der Waals surface area contributed by atoms with Crippen molar-refractivity contribution in [2.45, 2.75) is 31.8 Å². The van der Waals surface area contributed by atoms with Gasteiger partial charge in [0.2, 0.25) is 5.09 Å². The van der Waals surface area contributed by atoms with Gasteiger partial charge in [-0.25, -0.2) is 8.42 Å². The molecule has 0 N–H and O–H groups in total. The highest BCUT2D eigenvalue weighted by Gasteiger charge is 2.21. The number of aryl methyl sites for hydroxylation is 1. The van der Waals surface area contributed by atoms with Crippen LogP contribution in [0.1, 0.15) is 30.9 Å². The van der Waals surface area contributed by atoms with Gasteiger partial charge in [0.05, 0.1) is 0 Å². The Bertz CT molecular complexity index is 668. The van der Waals surface area contributed by atoms with Crippen LogP contribution in [-0.4, -0.2) is 8.42 Å². The first-order chi connectivity index (χ1) is 7.80. The molecule has 0 saturated carbocycles. The van der Waals surface area contributed by atoms with Crippen LogP contribution >= 0.6 is 10.7 Å². The first kappa shape index (κ1) is 12.5. The second kappa shape index (κ2) is 4.03. The highest BCUT2D eigenvalue weighted by atomic mass is 35.7. The number of benzene rings is 1. The van der Waals surface area contributed by atoms with E-state index in [1.165, 1.54) is 0 Å². The van der Waals surface area contributed by atoms with Gasteiger partial charge in [-0.05, 0) is 30.5 Å². The summed E-state index contributed by atoms with van der Waals surface area (Å²) >= 11 is 0. The molecule has 5 heteroatoms. The Morgan fingerprint density at radius 1 is 1.29 bits per heavy atom. The molecule has 0 aliphatic heterocycles. The van der Waals surface area contributed by atoms with Gasteiger partial charge in [-0.3, -0.25) is 0 Å². The number of fused-ring (bicyclic) bond motifs is 1. The van der Waals surface area contributed by atoms with Crippen LogP contribution in [0.2, 0.25) is 0 Å². The molecule has 0 aliphatic carbocycles. The van der Waals surface area contributed by atoms with E-state index in [4.69, 9.17) is 15.1 Å². The highest BCUT2D eigenvalue weighted by molar-refractivity contribution is 8.13. The van der Waals surface area contributed by atoms with Gasteiger partial charge in [-0.1, -0.05) is 19.9 Å². The standard InChI is InChI=1S/C12H13ClO3S/c1-7(2)9-4-5-11-10(6-9)8(3)12(16-11)17(13,14)15/h4-7H,1-3H3. The lowest BCUT2D eigenvalue weighted by Gasteiger charge is -2.04. The lowest BCUT2D eigenvalue weighted by atomic mass is 10.0. The first-order valence-electron chi connectivity index (χ1n) is 5.28. The monoisotopic (exact) mass is 272 g/mol. The lowest BCUT2D eigenvalue weighted by Crippen LogP contribution is -1.89. The summed E-state index contributed by atoms with van der Waals surface area (Å²) in [6.07, 6.45) is 0. The van der Waals surface area contributed by atoms with Gasteiger partial charge in [0, 0.05) is 21.6 Å². The SMILES string of the molecule is Cc1c(S(=O)(=O)Cl)oc2ccc(C(C)C)cc12. The van der Waals surface area contributed by atoms with Crippen molar-refractivity contribution in [1.82, 2.24) is 0 Å². The summed E-state index contributed by atoms with van der Waals surface area (Å²) in [6.45, 7) is 5.86. The van der Waals surface area contributed by atoms with Crippen LogP contribution in [0, 0.1) is 6.92 Å². The van der Waals surface area contributed by atoms with E-state index in [-0.39, 0.29) is 5.09 Å². The third-order valence-electron chi connectivity index (χ3n) is 2.80. The van der Waals surface area contributed by atoms with E-state index in [1.807, 2.05) is 12.1 Å². The zero-order valence-electron chi connectivity index (χ0n) is 9.82. The van der Waals surface area contributed by atoms with Crippen LogP contribution in [0.25, 0.3) is 11.0 Å². The molecular weight excluding hydrogens is 260 g/mol. The zero-order chi connectivity index (χ0) is 12.8. The summed E-state index contributed by atoms with van der Waals surface area (Å²) in [5.74, 6) is 0.379. The molecule has 0 amide bonds. The maximum Gasteiger partial charge on any atom is 0.294 e. The summed E-state index contributed by atoms with van der Waals surface area (Å²) in [4.78, 5) is 0. The molecule has 0 aliphatic rings. The van der Waals surface area contributed by atoms with E-state index >= 15 is 0 Å². The first-order valence-corrected chi connectivity index (χ1v) is 7.59. The molecule has 1 heterocycles. The van der Waals surface area contributed by atoms with E-state index < -0.39 is 9.05 Å². The quantitative estimate of drug-likeness (QED) is 0.782. The molecule has 2 rings (SSSR count). The van der Waals surface area contributed by atoms with Crippen LogP contribution in [0.5, 0.6) is 0 Å². The van der Waals surface area contributed by atoms with E-state index in [1.54, 1.807) is 13.0 Å². The Balaban J connectivity index is 2.76. The van der Waals surface area contributed by atoms with Crippen molar-refractivity contribution in [1.29, 1.82) is 0 Å². The largest absolute Gasteiger partial charge is 0.443 e. The topological polar surface area (TPSA) is 47.3 Å². The number of hydrogen-bond donors (Lipinski definition) is 0. The van der Waals surface area contributed by atoms with Crippen LogP contribution in [0.4, 0.5) is 0 Å². The minimum Gasteiger partial charge on any atom is -0.443 e. The molecule has 0 atom stereocenters. The van der Waals surface area contributed by atoms with Crippen molar-refractivity contribution in [3.8, 4) is 0 Å². The summed E-state index contributed by atoms with van der Waals surface area (Å²) in [5.41, 5.74) is 2.25. The van der Waals surface area contributed by atoms with Crippen molar-refractivity contribution in [2.24, 2.45) is 0 Å². The Kier molecular flexibility index (Phi) is 2.96. The normalized spacial score (nSPS) is 12.5. The summed E-state index contributed by atoms with van der Waals surface area (Å²) in [6, 6.07) is 5.66. The van der Waals surface area contributed by atoms with Crippen LogP contribution in [0.15, 0.2) is 27.7 Å². The van der Waals surface area contributed by atoms with Gasteiger partial charge >= 0.3 is 0 Å².